The van der Waals surface area contributed by atoms with E-state index in [1.807, 2.05) is 32.0 Å². The molecule has 0 spiro atoms. The Labute approximate surface area is 130 Å². The first-order valence-corrected chi connectivity index (χ1v) is 8.51. The molecule has 0 amide bonds. The third-order valence-electron chi connectivity index (χ3n) is 3.54. The van der Waals surface area contributed by atoms with Gasteiger partial charge in [0.05, 0.1) is 11.4 Å². The first-order valence-electron chi connectivity index (χ1n) is 7.03. The number of benzene rings is 1. The summed E-state index contributed by atoms with van der Waals surface area (Å²) in [4.78, 5) is 0.208. The Morgan fingerprint density at radius 3 is 2.59 bits per heavy atom. The predicted molar refractivity (Wildman–Crippen MR) is 84.7 cm³/mol. The minimum atomic E-state index is -3.57. The molecule has 0 saturated heterocycles. The Hall–Kier alpha value is -1.86. The van der Waals surface area contributed by atoms with Crippen molar-refractivity contribution in [3.63, 3.8) is 0 Å². The number of hydrogen-bond acceptors (Lipinski definition) is 4. The van der Waals surface area contributed by atoms with Gasteiger partial charge in [0.1, 0.15) is 17.3 Å². The van der Waals surface area contributed by atoms with Crippen molar-refractivity contribution in [2.45, 2.75) is 32.6 Å². The summed E-state index contributed by atoms with van der Waals surface area (Å²) in [5.74, 6) is 0.773. The highest BCUT2D eigenvalue weighted by molar-refractivity contribution is 7.89. The van der Waals surface area contributed by atoms with E-state index in [2.05, 4.69) is 14.9 Å². The maximum absolute atomic E-state index is 12.2. The second-order valence-corrected chi connectivity index (χ2v) is 6.91. The molecule has 2 aromatic rings. The minimum absolute atomic E-state index is 0.194. The SMILES string of the molecule is Cc1cccc(OCCNS(=O)(=O)c2c(C)n[nH]c2C)c1C. The molecule has 0 bridgehead atoms. The average Bonchev–Trinajstić information content (AvgIpc) is 2.79. The lowest BCUT2D eigenvalue weighted by molar-refractivity contribution is 0.320. The van der Waals surface area contributed by atoms with Crippen molar-refractivity contribution >= 4 is 10.0 Å². The van der Waals surface area contributed by atoms with Crippen molar-refractivity contribution in [3.05, 3.63) is 40.7 Å². The molecule has 1 aromatic carbocycles. The fourth-order valence-corrected chi connectivity index (χ4v) is 3.61. The molecule has 0 fully saturated rings. The van der Waals surface area contributed by atoms with Crippen molar-refractivity contribution in [2.75, 3.05) is 13.2 Å². The molecule has 0 aliphatic carbocycles. The van der Waals surface area contributed by atoms with Crippen LogP contribution in [0, 0.1) is 27.7 Å². The molecule has 1 aromatic heterocycles. The summed E-state index contributed by atoms with van der Waals surface area (Å²) in [6, 6.07) is 5.80. The van der Waals surface area contributed by atoms with Gasteiger partial charge >= 0.3 is 0 Å². The standard InChI is InChI=1S/C15H21N3O3S/c1-10-6-5-7-14(11(10)2)21-9-8-16-22(19,20)15-12(3)17-18-13(15)4/h5-7,16H,8-9H2,1-4H3,(H,17,18). The first-order chi connectivity index (χ1) is 10.3. The van der Waals surface area contributed by atoms with Gasteiger partial charge in [0, 0.05) is 6.54 Å². The van der Waals surface area contributed by atoms with Gasteiger partial charge in [0.25, 0.3) is 0 Å². The summed E-state index contributed by atoms with van der Waals surface area (Å²) in [5.41, 5.74) is 3.19. The summed E-state index contributed by atoms with van der Waals surface area (Å²) >= 11 is 0. The van der Waals surface area contributed by atoms with Crippen LogP contribution in [0.5, 0.6) is 5.75 Å². The number of sulfonamides is 1. The van der Waals surface area contributed by atoms with Gasteiger partial charge in [-0.05, 0) is 44.9 Å². The molecule has 0 aliphatic rings. The lowest BCUT2D eigenvalue weighted by Gasteiger charge is -2.11. The zero-order valence-electron chi connectivity index (χ0n) is 13.2. The molecule has 2 rings (SSSR count). The van der Waals surface area contributed by atoms with Gasteiger partial charge in [-0.2, -0.15) is 5.10 Å². The highest BCUT2D eigenvalue weighted by atomic mass is 32.2. The van der Waals surface area contributed by atoms with E-state index in [0.717, 1.165) is 16.9 Å². The Bertz CT molecular complexity index is 747. The third-order valence-corrected chi connectivity index (χ3v) is 5.26. The molecule has 7 heteroatoms. The van der Waals surface area contributed by atoms with Crippen molar-refractivity contribution in [1.82, 2.24) is 14.9 Å². The highest BCUT2D eigenvalue weighted by Crippen LogP contribution is 2.20. The van der Waals surface area contributed by atoms with E-state index in [9.17, 15) is 8.42 Å². The van der Waals surface area contributed by atoms with E-state index >= 15 is 0 Å². The Morgan fingerprint density at radius 1 is 1.23 bits per heavy atom. The van der Waals surface area contributed by atoms with E-state index in [0.29, 0.717) is 11.4 Å². The van der Waals surface area contributed by atoms with E-state index in [1.54, 1.807) is 13.8 Å². The van der Waals surface area contributed by atoms with Crippen LogP contribution in [0.1, 0.15) is 22.5 Å². The lowest BCUT2D eigenvalue weighted by atomic mass is 10.1. The molecular weight excluding hydrogens is 302 g/mol. The number of hydrogen-bond donors (Lipinski definition) is 2. The van der Waals surface area contributed by atoms with Gasteiger partial charge < -0.3 is 4.74 Å². The van der Waals surface area contributed by atoms with Crippen LogP contribution < -0.4 is 9.46 Å². The summed E-state index contributed by atoms with van der Waals surface area (Å²) in [6.07, 6.45) is 0. The van der Waals surface area contributed by atoms with E-state index in [-0.39, 0.29) is 18.0 Å². The normalized spacial score (nSPS) is 11.6. The third kappa shape index (κ3) is 3.48. The van der Waals surface area contributed by atoms with Crippen molar-refractivity contribution in [2.24, 2.45) is 0 Å². The number of nitrogens with zero attached hydrogens (tertiary/aromatic N) is 1. The molecule has 0 atom stereocenters. The summed E-state index contributed by atoms with van der Waals surface area (Å²) < 4.78 is 32.7. The van der Waals surface area contributed by atoms with Crippen LogP contribution in [0.25, 0.3) is 0 Å². The smallest absolute Gasteiger partial charge is 0.244 e. The van der Waals surface area contributed by atoms with Gasteiger partial charge in [0.15, 0.2) is 0 Å². The van der Waals surface area contributed by atoms with Crippen LogP contribution in [-0.2, 0) is 10.0 Å². The molecule has 0 saturated carbocycles. The number of H-pyrrole nitrogens is 1. The van der Waals surface area contributed by atoms with Gasteiger partial charge in [-0.15, -0.1) is 0 Å². The molecule has 0 radical (unpaired) electrons. The minimum Gasteiger partial charge on any atom is -0.492 e. The van der Waals surface area contributed by atoms with Crippen molar-refractivity contribution in [1.29, 1.82) is 0 Å². The fourth-order valence-electron chi connectivity index (χ4n) is 2.23. The number of nitrogens with one attached hydrogen (secondary N) is 2. The van der Waals surface area contributed by atoms with Gasteiger partial charge in [-0.3, -0.25) is 5.10 Å². The molecular formula is C15H21N3O3S. The lowest BCUT2D eigenvalue weighted by Crippen LogP contribution is -2.29. The second kappa shape index (κ2) is 6.50. The van der Waals surface area contributed by atoms with E-state index in [1.165, 1.54) is 0 Å². The van der Waals surface area contributed by atoms with Crippen LogP contribution in [-0.4, -0.2) is 31.8 Å². The Kier molecular flexibility index (Phi) is 4.87. The first kappa shape index (κ1) is 16.5. The fraction of sp³-hybridized carbons (Fsp3) is 0.400. The Balaban J connectivity index is 1.95. The van der Waals surface area contributed by atoms with Crippen LogP contribution in [0.4, 0.5) is 0 Å². The van der Waals surface area contributed by atoms with Crippen LogP contribution in [0.3, 0.4) is 0 Å². The number of aromatic nitrogens is 2. The van der Waals surface area contributed by atoms with Gasteiger partial charge in [-0.1, -0.05) is 12.1 Å². The second-order valence-electron chi connectivity index (χ2n) is 5.21. The Morgan fingerprint density at radius 2 is 1.95 bits per heavy atom. The number of rotatable bonds is 6. The molecule has 1 heterocycles. The summed E-state index contributed by atoms with van der Waals surface area (Å²) in [7, 11) is -3.57. The number of ether oxygens (including phenoxy) is 1. The van der Waals surface area contributed by atoms with Gasteiger partial charge in [-0.25, -0.2) is 13.1 Å². The van der Waals surface area contributed by atoms with Crippen LogP contribution in [0.2, 0.25) is 0 Å². The largest absolute Gasteiger partial charge is 0.492 e. The molecule has 0 unspecified atom stereocenters. The van der Waals surface area contributed by atoms with Crippen molar-refractivity contribution in [3.8, 4) is 5.75 Å². The maximum atomic E-state index is 12.2. The van der Waals surface area contributed by atoms with Gasteiger partial charge in [0.2, 0.25) is 10.0 Å². The zero-order chi connectivity index (χ0) is 16.3. The summed E-state index contributed by atoms with van der Waals surface area (Å²) in [6.45, 7) is 7.79. The predicted octanol–water partition coefficient (Wildman–Crippen LogP) is 2.00. The number of aryl methyl sites for hydroxylation is 3. The molecule has 22 heavy (non-hydrogen) atoms. The average molecular weight is 323 g/mol. The van der Waals surface area contributed by atoms with Crippen LogP contribution in [0.15, 0.2) is 23.1 Å². The molecule has 6 nitrogen and oxygen atoms in total. The van der Waals surface area contributed by atoms with E-state index in [4.69, 9.17) is 4.74 Å². The molecule has 120 valence electrons. The van der Waals surface area contributed by atoms with Crippen molar-refractivity contribution < 1.29 is 13.2 Å². The number of aromatic amines is 1. The maximum Gasteiger partial charge on any atom is 0.244 e. The monoisotopic (exact) mass is 323 g/mol. The molecule has 2 N–H and O–H groups in total. The quantitative estimate of drug-likeness (QED) is 0.796. The summed E-state index contributed by atoms with van der Waals surface area (Å²) in [5, 5.41) is 6.58. The topological polar surface area (TPSA) is 84.1 Å². The highest BCUT2D eigenvalue weighted by Gasteiger charge is 2.21. The van der Waals surface area contributed by atoms with Crippen LogP contribution >= 0.6 is 0 Å². The molecule has 0 aliphatic heterocycles. The van der Waals surface area contributed by atoms with E-state index < -0.39 is 10.0 Å². The zero-order valence-corrected chi connectivity index (χ0v) is 14.0.